The van der Waals surface area contributed by atoms with E-state index < -0.39 is 0 Å². The summed E-state index contributed by atoms with van der Waals surface area (Å²) in [6.45, 7) is 6.04. The first-order valence-corrected chi connectivity index (χ1v) is 7.06. The van der Waals surface area contributed by atoms with Crippen molar-refractivity contribution in [2.75, 3.05) is 20.2 Å². The molecule has 0 fully saturated rings. The molecule has 0 aromatic heterocycles. The van der Waals surface area contributed by atoms with E-state index in [1.165, 1.54) is 12.8 Å². The minimum Gasteiger partial charge on any atom is -0.372 e. The van der Waals surface area contributed by atoms with Crippen LogP contribution in [-0.2, 0) is 4.74 Å². The maximum Gasteiger partial charge on any atom is 0.0949 e. The second-order valence-corrected chi connectivity index (χ2v) is 5.26. The fourth-order valence-electron chi connectivity index (χ4n) is 2.02. The van der Waals surface area contributed by atoms with Gasteiger partial charge in [-0.05, 0) is 37.1 Å². The molecule has 0 radical (unpaired) electrons. The van der Waals surface area contributed by atoms with Gasteiger partial charge < -0.3 is 10.1 Å². The number of benzene rings is 1. The summed E-state index contributed by atoms with van der Waals surface area (Å²) in [5.41, 5.74) is 1.14. The van der Waals surface area contributed by atoms with Crippen LogP contribution in [-0.4, -0.2) is 20.2 Å². The largest absolute Gasteiger partial charge is 0.372 e. The van der Waals surface area contributed by atoms with E-state index in [1.807, 2.05) is 25.2 Å². The average molecular weight is 270 g/mol. The molecule has 3 heteroatoms. The van der Waals surface area contributed by atoms with Crippen LogP contribution < -0.4 is 5.32 Å². The summed E-state index contributed by atoms with van der Waals surface area (Å²) >= 11 is 6.03. The van der Waals surface area contributed by atoms with E-state index >= 15 is 0 Å². The van der Waals surface area contributed by atoms with Crippen LogP contribution in [0, 0.1) is 5.92 Å². The van der Waals surface area contributed by atoms with Crippen molar-refractivity contribution in [3.8, 4) is 0 Å². The molecule has 0 spiro atoms. The van der Waals surface area contributed by atoms with Crippen LogP contribution in [0.4, 0.5) is 0 Å². The van der Waals surface area contributed by atoms with Crippen molar-refractivity contribution in [2.24, 2.45) is 5.92 Å². The zero-order valence-electron chi connectivity index (χ0n) is 11.6. The zero-order valence-corrected chi connectivity index (χ0v) is 12.3. The molecule has 0 aliphatic heterocycles. The number of hydrogen-bond donors (Lipinski definition) is 1. The fourth-order valence-corrected chi connectivity index (χ4v) is 2.22. The molecule has 2 nitrogen and oxygen atoms in total. The van der Waals surface area contributed by atoms with Crippen LogP contribution in [0.5, 0.6) is 0 Å². The Hall–Kier alpha value is -0.570. The third kappa shape index (κ3) is 5.38. The second-order valence-electron chi connectivity index (χ2n) is 4.83. The topological polar surface area (TPSA) is 21.3 Å². The Kier molecular flexibility index (Phi) is 7.33. The Bertz CT molecular complexity index is 343. The molecule has 0 aliphatic rings. The van der Waals surface area contributed by atoms with E-state index in [4.69, 9.17) is 16.3 Å². The zero-order chi connectivity index (χ0) is 13.4. The number of halogens is 1. The first-order valence-electron chi connectivity index (χ1n) is 6.69. The van der Waals surface area contributed by atoms with Crippen LogP contribution in [0.25, 0.3) is 0 Å². The molecule has 0 amide bonds. The summed E-state index contributed by atoms with van der Waals surface area (Å²) < 4.78 is 6.02. The minimum absolute atomic E-state index is 0.0769. The molecule has 0 saturated heterocycles. The van der Waals surface area contributed by atoms with Gasteiger partial charge in [0.15, 0.2) is 0 Å². The maximum atomic E-state index is 6.03. The highest BCUT2D eigenvalue weighted by atomic mass is 35.5. The van der Waals surface area contributed by atoms with Crippen molar-refractivity contribution in [3.63, 3.8) is 0 Å². The van der Waals surface area contributed by atoms with Gasteiger partial charge in [-0.3, -0.25) is 0 Å². The van der Waals surface area contributed by atoms with Gasteiger partial charge in [-0.2, -0.15) is 0 Å². The van der Waals surface area contributed by atoms with Gasteiger partial charge in [0.2, 0.25) is 0 Å². The Balaban J connectivity index is 2.59. The number of ether oxygens (including phenoxy) is 1. The molecular weight excluding hydrogens is 246 g/mol. The van der Waals surface area contributed by atoms with E-state index in [0.717, 1.165) is 23.7 Å². The first-order chi connectivity index (χ1) is 8.67. The van der Waals surface area contributed by atoms with E-state index in [0.29, 0.717) is 5.92 Å². The van der Waals surface area contributed by atoms with E-state index in [2.05, 4.69) is 25.2 Å². The van der Waals surface area contributed by atoms with Crippen LogP contribution in [0.1, 0.15) is 38.4 Å². The lowest BCUT2D eigenvalue weighted by Crippen LogP contribution is -2.21. The molecule has 0 heterocycles. The third-order valence-electron chi connectivity index (χ3n) is 2.97. The van der Waals surface area contributed by atoms with Gasteiger partial charge in [0.25, 0.3) is 0 Å². The van der Waals surface area contributed by atoms with Crippen molar-refractivity contribution in [2.45, 2.75) is 32.8 Å². The van der Waals surface area contributed by atoms with Crippen LogP contribution in [0.2, 0.25) is 5.02 Å². The monoisotopic (exact) mass is 269 g/mol. The summed E-state index contributed by atoms with van der Waals surface area (Å²) in [7, 11) is 1.94. The van der Waals surface area contributed by atoms with Crippen molar-refractivity contribution in [1.29, 1.82) is 0 Å². The summed E-state index contributed by atoms with van der Waals surface area (Å²) in [6, 6.07) is 7.91. The lowest BCUT2D eigenvalue weighted by molar-refractivity contribution is 0.0310. The predicted molar refractivity (Wildman–Crippen MR) is 78.1 cm³/mol. The maximum absolute atomic E-state index is 6.03. The Labute approximate surface area is 116 Å². The van der Waals surface area contributed by atoms with E-state index in [1.54, 1.807) is 0 Å². The average Bonchev–Trinajstić information content (AvgIpc) is 2.35. The van der Waals surface area contributed by atoms with Crippen molar-refractivity contribution < 1.29 is 4.74 Å². The van der Waals surface area contributed by atoms with Gasteiger partial charge in [-0.15, -0.1) is 0 Å². The lowest BCUT2D eigenvalue weighted by Gasteiger charge is -2.20. The summed E-state index contributed by atoms with van der Waals surface area (Å²) in [6.07, 6.45) is 2.49. The van der Waals surface area contributed by atoms with E-state index in [9.17, 15) is 0 Å². The van der Waals surface area contributed by atoms with Gasteiger partial charge in [-0.1, -0.05) is 44.0 Å². The van der Waals surface area contributed by atoms with Gasteiger partial charge >= 0.3 is 0 Å². The molecule has 1 rings (SSSR count). The molecule has 1 aromatic rings. The molecule has 0 bridgehead atoms. The Morgan fingerprint density at radius 2 is 2.17 bits per heavy atom. The Morgan fingerprint density at radius 3 is 2.78 bits per heavy atom. The highest BCUT2D eigenvalue weighted by molar-refractivity contribution is 6.30. The molecule has 18 heavy (non-hydrogen) atoms. The molecule has 102 valence electrons. The fraction of sp³-hybridized carbons (Fsp3) is 0.600. The van der Waals surface area contributed by atoms with Crippen molar-refractivity contribution in [1.82, 2.24) is 5.32 Å². The second kappa shape index (κ2) is 8.52. The van der Waals surface area contributed by atoms with E-state index in [-0.39, 0.29) is 6.10 Å². The lowest BCUT2D eigenvalue weighted by atomic mass is 10.1. The van der Waals surface area contributed by atoms with Gasteiger partial charge in [-0.25, -0.2) is 0 Å². The molecular formula is C15H24ClNO. The standard InChI is InChI=1S/C15H24ClNO/c1-4-6-12(2)11-18-15(10-17-3)13-7-5-8-14(16)9-13/h5,7-9,12,15,17H,4,6,10-11H2,1-3H3. The molecule has 0 aliphatic carbocycles. The van der Waals surface area contributed by atoms with Gasteiger partial charge in [0, 0.05) is 11.6 Å². The van der Waals surface area contributed by atoms with Crippen LogP contribution in [0.15, 0.2) is 24.3 Å². The summed E-state index contributed by atoms with van der Waals surface area (Å²) in [5, 5.41) is 3.94. The number of hydrogen-bond acceptors (Lipinski definition) is 2. The van der Waals surface area contributed by atoms with Gasteiger partial charge in [0.05, 0.1) is 12.7 Å². The SMILES string of the molecule is CCCC(C)COC(CNC)c1cccc(Cl)c1. The summed E-state index contributed by atoms with van der Waals surface area (Å²) in [4.78, 5) is 0. The molecule has 2 unspecified atom stereocenters. The Morgan fingerprint density at radius 1 is 1.39 bits per heavy atom. The first kappa shape index (κ1) is 15.5. The van der Waals surface area contributed by atoms with Gasteiger partial charge in [0.1, 0.15) is 0 Å². The quantitative estimate of drug-likeness (QED) is 0.769. The smallest absolute Gasteiger partial charge is 0.0949 e. The molecule has 2 atom stereocenters. The van der Waals surface area contributed by atoms with Crippen LogP contribution >= 0.6 is 11.6 Å². The predicted octanol–water partition coefficient (Wildman–Crippen LogP) is 4.05. The highest BCUT2D eigenvalue weighted by Gasteiger charge is 2.13. The normalized spacial score (nSPS) is 14.4. The molecule has 1 N–H and O–H groups in total. The molecule has 1 aromatic carbocycles. The molecule has 0 saturated carbocycles. The van der Waals surface area contributed by atoms with Crippen molar-refractivity contribution >= 4 is 11.6 Å². The summed E-state index contributed by atoms with van der Waals surface area (Å²) in [5.74, 6) is 0.605. The third-order valence-corrected chi connectivity index (χ3v) is 3.21. The highest BCUT2D eigenvalue weighted by Crippen LogP contribution is 2.21. The number of nitrogens with one attached hydrogen (secondary N) is 1. The van der Waals surface area contributed by atoms with Crippen LogP contribution in [0.3, 0.4) is 0 Å². The minimum atomic E-state index is 0.0769. The van der Waals surface area contributed by atoms with Crippen molar-refractivity contribution in [3.05, 3.63) is 34.9 Å². The number of rotatable bonds is 8. The number of likely N-dealkylation sites (N-methyl/N-ethyl adjacent to an activating group) is 1.